The van der Waals surface area contributed by atoms with Gasteiger partial charge in [0.05, 0.1) is 5.57 Å². The number of rotatable bonds is 7. The molecule has 3 aromatic carbocycles. The van der Waals surface area contributed by atoms with Crippen LogP contribution in [0.5, 0.6) is 11.5 Å². The minimum absolute atomic E-state index is 0.00123. The highest BCUT2D eigenvalue weighted by atomic mass is 32.2. The zero-order valence-corrected chi connectivity index (χ0v) is 19.8. The average Bonchev–Trinajstić information content (AvgIpc) is 3.29. The van der Waals surface area contributed by atoms with Crippen LogP contribution < -0.4 is 9.47 Å². The Balaban J connectivity index is 1.29. The zero-order chi connectivity index (χ0) is 24.2. The Hall–Kier alpha value is -4.17. The lowest BCUT2D eigenvalue weighted by Crippen LogP contribution is -2.35. The molecule has 0 saturated heterocycles. The Morgan fingerprint density at radius 2 is 1.66 bits per heavy atom. The van der Waals surface area contributed by atoms with Gasteiger partial charge in [-0.2, -0.15) is 15.1 Å². The van der Waals surface area contributed by atoms with E-state index in [1.54, 1.807) is 6.08 Å². The summed E-state index contributed by atoms with van der Waals surface area (Å²) in [7, 11) is 0. The van der Waals surface area contributed by atoms with Gasteiger partial charge in [0.15, 0.2) is 5.84 Å². The lowest BCUT2D eigenvalue weighted by molar-refractivity contribution is -0.114. The third-order valence-electron chi connectivity index (χ3n) is 5.36. The molecule has 35 heavy (non-hydrogen) atoms. The van der Waals surface area contributed by atoms with Gasteiger partial charge in [0.2, 0.25) is 5.17 Å². The predicted octanol–water partition coefficient (Wildman–Crippen LogP) is 5.12. The van der Waals surface area contributed by atoms with E-state index in [-0.39, 0.29) is 11.4 Å². The van der Waals surface area contributed by atoms with Crippen molar-refractivity contribution in [3.63, 3.8) is 0 Å². The summed E-state index contributed by atoms with van der Waals surface area (Å²) in [5.74, 6) is 0.972. The van der Waals surface area contributed by atoms with Crippen LogP contribution in [0.4, 0.5) is 0 Å². The first-order chi connectivity index (χ1) is 17.1. The van der Waals surface area contributed by atoms with E-state index in [0.29, 0.717) is 29.2 Å². The number of carbonyl (C=O) groups excluding carboxylic acids is 1. The first-order valence-electron chi connectivity index (χ1n) is 11.1. The number of nitrogens with zero attached hydrogens (tertiary/aromatic N) is 3. The van der Waals surface area contributed by atoms with Crippen LogP contribution in [0.3, 0.4) is 0 Å². The first-order valence-corrected chi connectivity index (χ1v) is 11.9. The number of para-hydroxylation sites is 1. The van der Waals surface area contributed by atoms with Gasteiger partial charge in [-0.1, -0.05) is 54.6 Å². The molecule has 0 saturated carbocycles. The maximum atomic E-state index is 12.8. The molecule has 174 valence electrons. The van der Waals surface area contributed by atoms with Gasteiger partial charge in [0, 0.05) is 5.56 Å². The van der Waals surface area contributed by atoms with Gasteiger partial charge in [-0.05, 0) is 60.2 Å². The second kappa shape index (κ2) is 9.99. The van der Waals surface area contributed by atoms with Gasteiger partial charge >= 0.3 is 0 Å². The van der Waals surface area contributed by atoms with Gasteiger partial charge in [0.25, 0.3) is 5.91 Å². The molecule has 0 atom stereocenters. The Labute approximate surface area is 207 Å². The lowest BCUT2D eigenvalue weighted by atomic mass is 10.1. The number of aryl methyl sites for hydroxylation is 1. The highest BCUT2D eigenvalue weighted by molar-refractivity contribution is 8.27. The summed E-state index contributed by atoms with van der Waals surface area (Å²) >= 11 is 1.29. The number of hydrogen-bond donors (Lipinski definition) is 1. The van der Waals surface area contributed by atoms with Gasteiger partial charge in [-0.25, -0.2) is 0 Å². The number of benzene rings is 3. The zero-order valence-electron chi connectivity index (χ0n) is 19.0. The molecule has 1 N–H and O–H groups in total. The average molecular weight is 483 g/mol. The lowest BCUT2D eigenvalue weighted by Gasteiger charge is -2.20. The predicted molar refractivity (Wildman–Crippen MR) is 139 cm³/mol. The van der Waals surface area contributed by atoms with Crippen molar-refractivity contribution >= 4 is 39.8 Å². The van der Waals surface area contributed by atoms with Crippen molar-refractivity contribution in [2.45, 2.75) is 6.92 Å². The highest BCUT2D eigenvalue weighted by Gasteiger charge is 2.36. The van der Waals surface area contributed by atoms with E-state index >= 15 is 0 Å². The van der Waals surface area contributed by atoms with Gasteiger partial charge in [0.1, 0.15) is 29.8 Å². The summed E-state index contributed by atoms with van der Waals surface area (Å²) in [5.41, 5.74) is 2.93. The molecule has 0 radical (unpaired) electrons. The number of fused-ring (bicyclic) bond motifs is 1. The minimum atomic E-state index is -0.461. The third kappa shape index (κ3) is 5.02. The molecular formula is C27H22N4O3S. The Morgan fingerprint density at radius 1 is 0.943 bits per heavy atom. The molecule has 7 nitrogen and oxygen atoms in total. The summed E-state index contributed by atoms with van der Waals surface area (Å²) in [6.45, 7) is 2.78. The number of aliphatic imine (C=N–C) groups is 1. The maximum absolute atomic E-state index is 12.8. The van der Waals surface area contributed by atoms with E-state index in [0.717, 1.165) is 22.4 Å². The van der Waals surface area contributed by atoms with E-state index in [1.807, 2.05) is 85.8 Å². The van der Waals surface area contributed by atoms with Crippen LogP contribution in [-0.2, 0) is 4.79 Å². The Kier molecular flexibility index (Phi) is 6.45. The molecule has 3 aromatic rings. The largest absolute Gasteiger partial charge is 0.490 e. The molecule has 2 heterocycles. The molecule has 5 rings (SSSR count). The number of hydrogen-bond acceptors (Lipinski definition) is 6. The molecule has 0 aliphatic carbocycles. The molecule has 1 amide bonds. The highest BCUT2D eigenvalue weighted by Crippen LogP contribution is 2.32. The van der Waals surface area contributed by atoms with Crippen LogP contribution in [0, 0.1) is 12.3 Å². The van der Waals surface area contributed by atoms with E-state index in [4.69, 9.17) is 14.9 Å². The molecular weight excluding hydrogens is 460 g/mol. The van der Waals surface area contributed by atoms with Crippen molar-refractivity contribution < 1.29 is 14.3 Å². The number of amidine groups is 2. The second-order valence-corrected chi connectivity index (χ2v) is 8.78. The number of nitrogens with one attached hydrogen (secondary N) is 1. The van der Waals surface area contributed by atoms with Crippen LogP contribution in [0.25, 0.3) is 6.08 Å². The number of hydrazone groups is 1. The van der Waals surface area contributed by atoms with Crippen molar-refractivity contribution in [2.24, 2.45) is 10.1 Å². The van der Waals surface area contributed by atoms with Gasteiger partial charge in [-0.15, -0.1) is 0 Å². The smallest absolute Gasteiger partial charge is 0.283 e. The van der Waals surface area contributed by atoms with Crippen LogP contribution in [0.1, 0.15) is 16.7 Å². The van der Waals surface area contributed by atoms with Crippen molar-refractivity contribution in [3.8, 4) is 11.5 Å². The molecule has 2 aliphatic rings. The fourth-order valence-corrected chi connectivity index (χ4v) is 4.59. The molecule has 0 fully saturated rings. The maximum Gasteiger partial charge on any atom is 0.283 e. The van der Waals surface area contributed by atoms with E-state index in [1.165, 1.54) is 16.8 Å². The monoisotopic (exact) mass is 482 g/mol. The van der Waals surface area contributed by atoms with E-state index < -0.39 is 5.91 Å². The molecule has 0 spiro atoms. The van der Waals surface area contributed by atoms with Crippen molar-refractivity contribution in [2.75, 3.05) is 13.2 Å². The molecule has 0 unspecified atom stereocenters. The summed E-state index contributed by atoms with van der Waals surface area (Å²) in [4.78, 5) is 16.9. The van der Waals surface area contributed by atoms with E-state index in [2.05, 4.69) is 10.1 Å². The number of ether oxygens (including phenoxy) is 2. The summed E-state index contributed by atoms with van der Waals surface area (Å²) < 4.78 is 11.5. The number of carbonyl (C=O) groups is 1. The molecule has 0 aromatic heterocycles. The summed E-state index contributed by atoms with van der Waals surface area (Å²) in [5, 5.41) is 15.7. The summed E-state index contributed by atoms with van der Waals surface area (Å²) in [6.07, 6.45) is 1.64. The first kappa shape index (κ1) is 22.6. The minimum Gasteiger partial charge on any atom is -0.490 e. The fourth-order valence-electron chi connectivity index (χ4n) is 3.61. The normalized spacial score (nSPS) is 16.1. The van der Waals surface area contributed by atoms with Gasteiger partial charge in [-0.3, -0.25) is 10.2 Å². The van der Waals surface area contributed by atoms with Gasteiger partial charge < -0.3 is 9.47 Å². The van der Waals surface area contributed by atoms with Crippen molar-refractivity contribution in [3.05, 3.63) is 101 Å². The topological polar surface area (TPSA) is 87.3 Å². The Bertz CT molecular complexity index is 1380. The summed E-state index contributed by atoms with van der Waals surface area (Å²) in [6, 6.07) is 24.8. The van der Waals surface area contributed by atoms with Crippen molar-refractivity contribution in [1.82, 2.24) is 5.01 Å². The second-order valence-electron chi connectivity index (χ2n) is 7.82. The van der Waals surface area contributed by atoms with Crippen LogP contribution in [0.2, 0.25) is 0 Å². The fraction of sp³-hybridized carbons (Fsp3) is 0.111. The van der Waals surface area contributed by atoms with Crippen LogP contribution in [-0.4, -0.2) is 40.2 Å². The number of amides is 1. The third-order valence-corrected chi connectivity index (χ3v) is 6.30. The van der Waals surface area contributed by atoms with Crippen molar-refractivity contribution in [1.29, 1.82) is 5.41 Å². The van der Waals surface area contributed by atoms with E-state index in [9.17, 15) is 4.79 Å². The SMILES string of the molecule is Cc1ccccc1C1=NN2C(=N)/C(=C/c3cccc(OCCOc4ccccc4)c3)C(=O)N=C2S1. The van der Waals surface area contributed by atoms with Crippen LogP contribution in [0.15, 0.2) is 94.5 Å². The quantitative estimate of drug-likeness (QED) is 0.373. The van der Waals surface area contributed by atoms with Crippen LogP contribution >= 0.6 is 11.8 Å². The standard InChI is InChI=1S/C27H22N4O3S/c1-18-8-5-6-13-22(18)26-30-31-24(28)23(25(32)29-27(31)35-26)17-19-9-7-12-21(16-19)34-15-14-33-20-10-3-2-4-11-20/h2-13,16-17,28H,14-15H2,1H3/b23-17-,28-24?. The molecule has 0 bridgehead atoms. The Morgan fingerprint density at radius 3 is 2.46 bits per heavy atom. The number of thioether (sulfide) groups is 1. The molecule has 8 heteroatoms. The molecule has 2 aliphatic heterocycles.